The first-order chi connectivity index (χ1) is 25.7. The minimum absolute atomic E-state index is 0.0666. The summed E-state index contributed by atoms with van der Waals surface area (Å²) in [5, 5.41) is 15.1. The number of anilines is 1. The van der Waals surface area contributed by atoms with Gasteiger partial charge in [0.15, 0.2) is 11.5 Å². The van der Waals surface area contributed by atoms with Crippen LogP contribution in [0.2, 0.25) is 0 Å². The van der Waals surface area contributed by atoms with Gasteiger partial charge in [-0.25, -0.2) is 9.59 Å². The molecule has 1 unspecified atom stereocenters. The van der Waals surface area contributed by atoms with Crippen molar-refractivity contribution in [2.75, 3.05) is 25.6 Å². The number of carboxylic acid groups (broad SMARTS) is 1. The Morgan fingerprint density at radius 3 is 2.09 bits per heavy atom. The summed E-state index contributed by atoms with van der Waals surface area (Å²) in [6.07, 6.45) is 5.63. The van der Waals surface area contributed by atoms with Crippen molar-refractivity contribution in [1.29, 1.82) is 0 Å². The van der Waals surface area contributed by atoms with E-state index in [2.05, 4.69) is 17.6 Å². The molecule has 0 fully saturated rings. The molecule has 3 N–H and O–H groups in total. The number of carbonyl (C=O) groups excluding carboxylic acids is 3. The molecule has 0 aliphatic carbocycles. The van der Waals surface area contributed by atoms with E-state index < -0.39 is 23.9 Å². The van der Waals surface area contributed by atoms with Crippen molar-refractivity contribution in [3.05, 3.63) is 119 Å². The Labute approximate surface area is 311 Å². The van der Waals surface area contributed by atoms with Crippen molar-refractivity contribution in [3.63, 3.8) is 0 Å². The first-order valence-corrected chi connectivity index (χ1v) is 17.9. The van der Waals surface area contributed by atoms with E-state index in [1.807, 2.05) is 44.2 Å². The molecule has 4 rings (SSSR count). The summed E-state index contributed by atoms with van der Waals surface area (Å²) in [4.78, 5) is 50.1. The van der Waals surface area contributed by atoms with Gasteiger partial charge in [0.1, 0.15) is 18.4 Å². The standard InChI is InChI=1S/C40H44N2O9.C2H6/c1-3-4-5-6-10-23-50-33-20-16-31(17-21-33)40(47)51-35-22-13-29(25-36(35)48-2)24-34(39(45)46)42-38(44)30-14-18-32(19-15-30)41-37(43)27-49-26-28-11-8-7-9-12-28;1-2/h7-9,11-22,25,34H,3-6,10,23-24,26-27H2,1-2H3,(H,41,43)(H,42,44)(H,45,46);1-2H3. The molecular formula is C42H50N2O9. The van der Waals surface area contributed by atoms with Crippen LogP contribution in [0.4, 0.5) is 5.69 Å². The number of carbonyl (C=O) groups is 4. The lowest BCUT2D eigenvalue weighted by Gasteiger charge is -2.16. The molecule has 282 valence electrons. The summed E-state index contributed by atoms with van der Waals surface area (Å²) in [6.45, 7) is 6.95. The van der Waals surface area contributed by atoms with Gasteiger partial charge in [0.2, 0.25) is 5.91 Å². The Morgan fingerprint density at radius 2 is 1.43 bits per heavy atom. The van der Waals surface area contributed by atoms with Crippen LogP contribution in [0.3, 0.4) is 0 Å². The van der Waals surface area contributed by atoms with Gasteiger partial charge in [-0.1, -0.05) is 82.9 Å². The highest BCUT2D eigenvalue weighted by atomic mass is 16.6. The molecule has 0 aromatic heterocycles. The van der Waals surface area contributed by atoms with Crippen molar-refractivity contribution in [2.24, 2.45) is 0 Å². The van der Waals surface area contributed by atoms with Crippen molar-refractivity contribution in [1.82, 2.24) is 5.32 Å². The number of benzene rings is 4. The van der Waals surface area contributed by atoms with Gasteiger partial charge in [-0.2, -0.15) is 0 Å². The summed E-state index contributed by atoms with van der Waals surface area (Å²) in [7, 11) is 1.41. The van der Waals surface area contributed by atoms with Crippen molar-refractivity contribution in [2.45, 2.75) is 71.9 Å². The van der Waals surface area contributed by atoms with Crippen LogP contribution in [0.25, 0.3) is 0 Å². The van der Waals surface area contributed by atoms with E-state index in [9.17, 15) is 24.3 Å². The molecule has 4 aromatic carbocycles. The third kappa shape index (κ3) is 14.5. The molecule has 0 saturated heterocycles. The number of ether oxygens (including phenoxy) is 4. The van der Waals surface area contributed by atoms with Gasteiger partial charge in [-0.3, -0.25) is 9.59 Å². The first kappa shape index (κ1) is 41.7. The van der Waals surface area contributed by atoms with Gasteiger partial charge >= 0.3 is 11.9 Å². The zero-order chi connectivity index (χ0) is 38.4. The Kier molecular flexibility index (Phi) is 18.1. The van der Waals surface area contributed by atoms with Crippen LogP contribution < -0.4 is 24.8 Å². The highest BCUT2D eigenvalue weighted by Gasteiger charge is 2.23. The molecule has 1 atom stereocenters. The average Bonchev–Trinajstić information content (AvgIpc) is 3.18. The fourth-order valence-corrected chi connectivity index (χ4v) is 5.08. The Hall–Kier alpha value is -5.68. The second kappa shape index (κ2) is 23.0. The monoisotopic (exact) mass is 726 g/mol. The predicted octanol–water partition coefficient (Wildman–Crippen LogP) is 7.87. The highest BCUT2D eigenvalue weighted by molar-refractivity contribution is 5.98. The number of unbranched alkanes of at least 4 members (excludes halogenated alkanes) is 4. The van der Waals surface area contributed by atoms with Gasteiger partial charge in [-0.05, 0) is 78.2 Å². The number of carboxylic acids is 1. The molecule has 0 aliphatic heterocycles. The van der Waals surface area contributed by atoms with Gasteiger partial charge in [0, 0.05) is 17.7 Å². The molecule has 11 heteroatoms. The topological polar surface area (TPSA) is 149 Å². The molecule has 0 bridgehead atoms. The number of nitrogens with one attached hydrogen (secondary N) is 2. The molecule has 11 nitrogen and oxygen atoms in total. The number of esters is 1. The summed E-state index contributed by atoms with van der Waals surface area (Å²) in [5.74, 6) is -1.73. The van der Waals surface area contributed by atoms with Crippen molar-refractivity contribution in [3.8, 4) is 17.2 Å². The second-order valence-electron chi connectivity index (χ2n) is 11.8. The molecule has 0 radical (unpaired) electrons. The molecular weight excluding hydrogens is 676 g/mol. The maximum Gasteiger partial charge on any atom is 0.343 e. The van der Waals surface area contributed by atoms with E-state index in [0.29, 0.717) is 35.8 Å². The zero-order valence-electron chi connectivity index (χ0n) is 30.9. The van der Waals surface area contributed by atoms with Crippen LogP contribution in [0.15, 0.2) is 97.1 Å². The zero-order valence-corrected chi connectivity index (χ0v) is 30.9. The van der Waals surface area contributed by atoms with E-state index >= 15 is 0 Å². The van der Waals surface area contributed by atoms with Crippen LogP contribution in [-0.4, -0.2) is 55.2 Å². The molecule has 2 amide bonds. The summed E-state index contributed by atoms with van der Waals surface area (Å²) < 4.78 is 22.2. The lowest BCUT2D eigenvalue weighted by atomic mass is 10.0. The fourth-order valence-electron chi connectivity index (χ4n) is 5.08. The molecule has 0 spiro atoms. The third-order valence-corrected chi connectivity index (χ3v) is 7.86. The molecule has 53 heavy (non-hydrogen) atoms. The normalized spacial score (nSPS) is 10.9. The number of amides is 2. The summed E-state index contributed by atoms with van der Waals surface area (Å²) >= 11 is 0. The van der Waals surface area contributed by atoms with Crippen LogP contribution in [0.1, 0.15) is 84.7 Å². The van der Waals surface area contributed by atoms with E-state index in [1.54, 1.807) is 48.5 Å². The van der Waals surface area contributed by atoms with E-state index in [4.69, 9.17) is 18.9 Å². The van der Waals surface area contributed by atoms with Gasteiger partial charge in [-0.15, -0.1) is 0 Å². The number of hydrogen-bond acceptors (Lipinski definition) is 8. The van der Waals surface area contributed by atoms with Crippen molar-refractivity contribution < 1.29 is 43.2 Å². The smallest absolute Gasteiger partial charge is 0.343 e. The molecule has 4 aromatic rings. The fraction of sp³-hybridized carbons (Fsp3) is 0.333. The average molecular weight is 727 g/mol. The van der Waals surface area contributed by atoms with Crippen LogP contribution >= 0.6 is 0 Å². The minimum atomic E-state index is -1.27. The van der Waals surface area contributed by atoms with Crippen LogP contribution in [0, 0.1) is 0 Å². The largest absolute Gasteiger partial charge is 0.494 e. The maximum absolute atomic E-state index is 12.9. The number of rotatable bonds is 20. The lowest BCUT2D eigenvalue weighted by molar-refractivity contribution is -0.139. The van der Waals surface area contributed by atoms with Crippen LogP contribution in [0.5, 0.6) is 17.2 Å². The third-order valence-electron chi connectivity index (χ3n) is 7.86. The number of hydrogen-bond donors (Lipinski definition) is 3. The molecule has 0 aliphatic rings. The molecule has 0 saturated carbocycles. The van der Waals surface area contributed by atoms with E-state index in [0.717, 1.165) is 18.4 Å². The van der Waals surface area contributed by atoms with Gasteiger partial charge in [0.05, 0.1) is 25.9 Å². The maximum atomic E-state index is 12.9. The van der Waals surface area contributed by atoms with Crippen molar-refractivity contribution >= 4 is 29.4 Å². The first-order valence-electron chi connectivity index (χ1n) is 17.9. The highest BCUT2D eigenvalue weighted by Crippen LogP contribution is 2.30. The van der Waals surface area contributed by atoms with Gasteiger partial charge < -0.3 is 34.7 Å². The Morgan fingerprint density at radius 1 is 0.755 bits per heavy atom. The summed E-state index contributed by atoms with van der Waals surface area (Å²) in [5.41, 5.74) is 2.47. The quantitative estimate of drug-likeness (QED) is 0.0470. The number of aliphatic carboxylic acids is 1. The lowest BCUT2D eigenvalue weighted by Crippen LogP contribution is -2.42. The van der Waals surface area contributed by atoms with E-state index in [-0.39, 0.29) is 36.0 Å². The summed E-state index contributed by atoms with van der Waals surface area (Å²) in [6, 6.07) is 25.6. The SMILES string of the molecule is CC.CCCCCCCOc1ccc(C(=O)Oc2ccc(CC(NC(=O)c3ccc(NC(=O)COCc4ccccc4)cc3)C(=O)O)cc2OC)cc1. The van der Waals surface area contributed by atoms with Gasteiger partial charge in [0.25, 0.3) is 5.91 Å². The van der Waals surface area contributed by atoms with Crippen LogP contribution in [-0.2, 0) is 27.4 Å². The predicted molar refractivity (Wildman–Crippen MR) is 204 cm³/mol. The second-order valence-corrected chi connectivity index (χ2v) is 11.8. The Bertz CT molecular complexity index is 1730. The molecule has 0 heterocycles. The number of methoxy groups -OCH3 is 1. The minimum Gasteiger partial charge on any atom is -0.494 e. The van der Waals surface area contributed by atoms with E-state index in [1.165, 1.54) is 44.6 Å². The Balaban J connectivity index is 0.00000372.